The number of carbonyl (C=O) groups excluding carboxylic acids is 2. The zero-order chi connectivity index (χ0) is 32.5. The summed E-state index contributed by atoms with van der Waals surface area (Å²) in [6.45, 7) is 3.87. The minimum absolute atomic E-state index is 0.168. The number of carbonyl (C=O) groups is 2. The van der Waals surface area contributed by atoms with Gasteiger partial charge in [-0.15, -0.1) is 0 Å². The number of rotatable bonds is 13. The van der Waals surface area contributed by atoms with E-state index in [1.165, 1.54) is 7.11 Å². The number of allylic oxidation sites excluding steroid dienone is 1. The molecule has 0 spiro atoms. The first kappa shape index (κ1) is 34.3. The zero-order valence-electron chi connectivity index (χ0n) is 24.5. The van der Waals surface area contributed by atoms with Crippen LogP contribution in [0.5, 0.6) is 17.2 Å². The molecule has 1 aliphatic heterocycles. The standard InChI is InChI=1S/C31H31BrClIN4O7/c1-4-43-25-12-18(28-27(30(40)42-3)17(2)36-31(41)37-28)9-10-24(25)44-16-26(39)38-35-14-20-11-21(32)13-23(34)29(20)45-15-19-7-5-6-8-22(19)33/h5-14,26,28,38-39H,4,15-16H2,1-3H3,(H2,36,37,41)/b35-14+/t26-,28-/m1/s1. The average molecular weight is 814 g/mol. The maximum atomic E-state index is 12.5. The molecule has 0 aromatic heterocycles. The highest BCUT2D eigenvalue weighted by Gasteiger charge is 2.32. The van der Waals surface area contributed by atoms with E-state index in [9.17, 15) is 14.7 Å². The number of aliphatic hydroxyl groups is 1. The van der Waals surface area contributed by atoms with E-state index in [4.69, 9.17) is 30.5 Å². The van der Waals surface area contributed by atoms with Crippen LogP contribution in [0.1, 0.15) is 36.6 Å². The Bertz CT molecular complexity index is 1620. The fourth-order valence-electron chi connectivity index (χ4n) is 4.41. The molecule has 0 aliphatic carbocycles. The molecule has 2 amide bonds. The maximum Gasteiger partial charge on any atom is 0.337 e. The largest absolute Gasteiger partial charge is 0.490 e. The molecule has 3 aromatic rings. The number of urea groups is 1. The Balaban J connectivity index is 1.43. The summed E-state index contributed by atoms with van der Waals surface area (Å²) in [6.07, 6.45) is 0.370. The second kappa shape index (κ2) is 16.2. The summed E-state index contributed by atoms with van der Waals surface area (Å²) in [5, 5.41) is 20.7. The van der Waals surface area contributed by atoms with Crippen molar-refractivity contribution in [3.8, 4) is 17.2 Å². The van der Waals surface area contributed by atoms with Crippen molar-refractivity contribution in [2.75, 3.05) is 20.3 Å². The van der Waals surface area contributed by atoms with Crippen LogP contribution >= 0.6 is 50.1 Å². The molecular formula is C31H31BrClIN4O7. The molecule has 4 N–H and O–H groups in total. The van der Waals surface area contributed by atoms with Gasteiger partial charge in [-0.25, -0.2) is 9.59 Å². The van der Waals surface area contributed by atoms with Gasteiger partial charge in [-0.1, -0.05) is 51.8 Å². The number of amides is 2. The van der Waals surface area contributed by atoms with Gasteiger partial charge in [0.1, 0.15) is 19.0 Å². The molecule has 0 radical (unpaired) electrons. The maximum absolute atomic E-state index is 12.5. The van der Waals surface area contributed by atoms with Gasteiger partial charge in [0.15, 0.2) is 17.7 Å². The van der Waals surface area contributed by atoms with Gasteiger partial charge in [0.2, 0.25) is 0 Å². The first-order valence-corrected chi connectivity index (χ1v) is 15.9. The van der Waals surface area contributed by atoms with Crippen molar-refractivity contribution in [2.45, 2.75) is 32.7 Å². The number of hydrazone groups is 1. The van der Waals surface area contributed by atoms with Crippen LogP contribution in [0.4, 0.5) is 4.79 Å². The molecule has 45 heavy (non-hydrogen) atoms. The van der Waals surface area contributed by atoms with Crippen molar-refractivity contribution in [1.82, 2.24) is 16.1 Å². The van der Waals surface area contributed by atoms with E-state index >= 15 is 0 Å². The number of methoxy groups -OCH3 is 1. The number of nitrogens with zero attached hydrogens (tertiary/aromatic N) is 1. The monoisotopic (exact) mass is 812 g/mol. The number of nitrogens with one attached hydrogen (secondary N) is 3. The third-order valence-corrected chi connectivity index (χ3v) is 8.09. The molecule has 4 rings (SSSR count). The molecule has 11 nitrogen and oxygen atoms in total. The van der Waals surface area contributed by atoms with Gasteiger partial charge in [-0.2, -0.15) is 5.10 Å². The predicted molar refractivity (Wildman–Crippen MR) is 182 cm³/mol. The van der Waals surface area contributed by atoms with E-state index in [1.54, 1.807) is 37.4 Å². The Morgan fingerprint density at radius 2 is 1.96 bits per heavy atom. The molecule has 14 heteroatoms. The Hall–Kier alpha value is -3.53. The Labute approximate surface area is 287 Å². The summed E-state index contributed by atoms with van der Waals surface area (Å²) in [5.74, 6) is 0.754. The molecular weight excluding hydrogens is 783 g/mol. The van der Waals surface area contributed by atoms with Gasteiger partial charge in [-0.3, -0.25) is 5.43 Å². The molecule has 0 unspecified atom stereocenters. The van der Waals surface area contributed by atoms with Gasteiger partial charge in [0, 0.05) is 26.3 Å². The number of hydrogen-bond acceptors (Lipinski definition) is 9. The minimum Gasteiger partial charge on any atom is -0.490 e. The molecule has 2 atom stereocenters. The number of halogens is 3. The normalized spacial score (nSPS) is 15.3. The lowest BCUT2D eigenvalue weighted by Gasteiger charge is -2.28. The van der Waals surface area contributed by atoms with E-state index in [1.807, 2.05) is 37.3 Å². The third kappa shape index (κ3) is 9.02. The van der Waals surface area contributed by atoms with Crippen molar-refractivity contribution >= 4 is 68.3 Å². The molecule has 3 aromatic carbocycles. The van der Waals surface area contributed by atoms with Gasteiger partial charge in [-0.05, 0) is 72.3 Å². The van der Waals surface area contributed by atoms with Crippen LogP contribution in [0.2, 0.25) is 5.02 Å². The van der Waals surface area contributed by atoms with E-state index in [2.05, 4.69) is 59.7 Å². The first-order valence-electron chi connectivity index (χ1n) is 13.7. The number of esters is 1. The lowest BCUT2D eigenvalue weighted by molar-refractivity contribution is -0.136. The predicted octanol–water partition coefficient (Wildman–Crippen LogP) is 5.81. The van der Waals surface area contributed by atoms with Crippen LogP contribution in [-0.4, -0.2) is 49.9 Å². The molecule has 1 heterocycles. The quantitative estimate of drug-likeness (QED) is 0.0559. The molecule has 238 valence electrons. The number of ether oxygens (including phenoxy) is 4. The second-order valence-corrected chi connectivity index (χ2v) is 12.1. The fourth-order valence-corrected chi connectivity index (χ4v) is 6.31. The molecule has 0 fully saturated rings. The zero-order valence-corrected chi connectivity index (χ0v) is 29.0. The Kier molecular flexibility index (Phi) is 12.3. The highest BCUT2D eigenvalue weighted by Crippen LogP contribution is 2.35. The number of hydrogen-bond donors (Lipinski definition) is 4. The number of benzene rings is 3. The van der Waals surface area contributed by atoms with Crippen LogP contribution in [0.3, 0.4) is 0 Å². The second-order valence-electron chi connectivity index (χ2n) is 9.60. The first-order chi connectivity index (χ1) is 21.6. The number of aliphatic hydroxyl groups excluding tert-OH is 1. The Morgan fingerprint density at radius 3 is 2.69 bits per heavy atom. The van der Waals surface area contributed by atoms with Crippen LogP contribution in [0, 0.1) is 3.57 Å². The summed E-state index contributed by atoms with van der Waals surface area (Å²) in [6, 6.07) is 15.0. The summed E-state index contributed by atoms with van der Waals surface area (Å²) in [5.41, 5.74) is 5.42. The van der Waals surface area contributed by atoms with Crippen molar-refractivity contribution in [2.24, 2.45) is 5.10 Å². The van der Waals surface area contributed by atoms with Gasteiger partial charge >= 0.3 is 12.0 Å². The summed E-state index contributed by atoms with van der Waals surface area (Å²) in [4.78, 5) is 24.6. The van der Waals surface area contributed by atoms with Crippen molar-refractivity contribution in [3.05, 3.63) is 95.6 Å². The average Bonchev–Trinajstić information content (AvgIpc) is 3.00. The van der Waals surface area contributed by atoms with E-state index in [0.717, 1.165) is 13.6 Å². The lowest BCUT2D eigenvalue weighted by Crippen LogP contribution is -2.45. The minimum atomic E-state index is -1.17. The van der Waals surface area contributed by atoms with Crippen LogP contribution in [0.15, 0.2) is 75.4 Å². The topological polar surface area (TPSA) is 140 Å². The van der Waals surface area contributed by atoms with Crippen LogP contribution in [0.25, 0.3) is 0 Å². The van der Waals surface area contributed by atoms with E-state index in [0.29, 0.717) is 45.7 Å². The van der Waals surface area contributed by atoms with Crippen LogP contribution in [-0.2, 0) is 16.1 Å². The molecule has 1 aliphatic rings. The van der Waals surface area contributed by atoms with Crippen molar-refractivity contribution in [1.29, 1.82) is 0 Å². The lowest BCUT2D eigenvalue weighted by atomic mass is 9.95. The smallest absolute Gasteiger partial charge is 0.337 e. The van der Waals surface area contributed by atoms with E-state index in [-0.39, 0.29) is 18.8 Å². The molecule has 0 saturated carbocycles. The van der Waals surface area contributed by atoms with Gasteiger partial charge in [0.05, 0.1) is 35.1 Å². The summed E-state index contributed by atoms with van der Waals surface area (Å²) < 4.78 is 24.3. The van der Waals surface area contributed by atoms with Gasteiger partial charge in [0.25, 0.3) is 0 Å². The van der Waals surface area contributed by atoms with Gasteiger partial charge < -0.3 is 34.7 Å². The SMILES string of the molecule is CCOc1cc([C@H]2NC(=O)NC(C)=C2C(=O)OC)ccc1OC[C@@H](O)N/N=C/c1cc(Br)cc(I)c1OCc1ccccc1Cl. The van der Waals surface area contributed by atoms with Crippen molar-refractivity contribution < 1.29 is 33.6 Å². The third-order valence-electron chi connectivity index (χ3n) is 6.47. The van der Waals surface area contributed by atoms with Crippen LogP contribution < -0.4 is 30.3 Å². The highest BCUT2D eigenvalue weighted by molar-refractivity contribution is 14.1. The van der Waals surface area contributed by atoms with E-state index < -0.39 is 24.3 Å². The summed E-state index contributed by atoms with van der Waals surface area (Å²) >= 11 is 12.0. The van der Waals surface area contributed by atoms with Crippen molar-refractivity contribution in [3.63, 3.8) is 0 Å². The summed E-state index contributed by atoms with van der Waals surface area (Å²) in [7, 11) is 1.27. The molecule has 0 saturated heterocycles. The highest BCUT2D eigenvalue weighted by atomic mass is 127. The Morgan fingerprint density at radius 1 is 1.18 bits per heavy atom. The molecule has 0 bridgehead atoms. The fraction of sp³-hybridized carbons (Fsp3) is 0.258.